The number of nitrogens with zero attached hydrogens (tertiary/aromatic N) is 1. The lowest BCUT2D eigenvalue weighted by atomic mass is 10.1. The first kappa shape index (κ1) is 13.1. The van der Waals surface area contributed by atoms with Gasteiger partial charge in [-0.15, -0.1) is 0 Å². The molecule has 0 aliphatic heterocycles. The average molecular weight is 265 g/mol. The van der Waals surface area contributed by atoms with Crippen LogP contribution in [-0.2, 0) is 6.42 Å². The summed E-state index contributed by atoms with van der Waals surface area (Å²) in [6.45, 7) is 4.55. The second-order valence-corrected chi connectivity index (χ2v) is 4.77. The highest BCUT2D eigenvalue weighted by atomic mass is 35.5. The Hall–Kier alpha value is -1.32. The molecule has 2 rings (SSSR count). The van der Waals surface area contributed by atoms with Gasteiger partial charge in [-0.1, -0.05) is 11.6 Å². The first-order chi connectivity index (χ1) is 8.60. The van der Waals surface area contributed by atoms with Gasteiger partial charge in [0.2, 0.25) is 0 Å². The predicted molar refractivity (Wildman–Crippen MR) is 75.3 cm³/mol. The first-order valence-corrected chi connectivity index (χ1v) is 6.45. The van der Waals surface area contributed by atoms with Gasteiger partial charge in [0.1, 0.15) is 10.9 Å². The van der Waals surface area contributed by atoms with Crippen molar-refractivity contribution >= 4 is 22.5 Å². The molecular formula is C14H17ClN2O. The number of halogens is 1. The second-order valence-electron chi connectivity index (χ2n) is 4.41. The van der Waals surface area contributed by atoms with Crippen molar-refractivity contribution in [1.29, 1.82) is 0 Å². The molecule has 3 nitrogen and oxygen atoms in total. The van der Waals surface area contributed by atoms with Gasteiger partial charge in [0.05, 0.1) is 12.1 Å². The largest absolute Gasteiger partial charge is 0.494 e. The number of hydrogen-bond acceptors (Lipinski definition) is 3. The number of aromatic nitrogens is 1. The lowest BCUT2D eigenvalue weighted by Crippen LogP contribution is -2.18. The molecule has 0 aliphatic rings. The Balaban J connectivity index is 2.43. The molecule has 1 heterocycles. The Morgan fingerprint density at radius 1 is 1.39 bits per heavy atom. The van der Waals surface area contributed by atoms with Gasteiger partial charge < -0.3 is 10.5 Å². The molecule has 0 bridgehead atoms. The molecule has 1 unspecified atom stereocenters. The van der Waals surface area contributed by atoms with E-state index >= 15 is 0 Å². The minimum Gasteiger partial charge on any atom is -0.494 e. The molecule has 0 amide bonds. The molecule has 0 saturated heterocycles. The summed E-state index contributed by atoms with van der Waals surface area (Å²) in [6.07, 6.45) is 0.731. The van der Waals surface area contributed by atoms with Crippen molar-refractivity contribution in [2.75, 3.05) is 6.61 Å². The van der Waals surface area contributed by atoms with Crippen molar-refractivity contribution in [3.05, 3.63) is 35.0 Å². The van der Waals surface area contributed by atoms with Crippen molar-refractivity contribution in [1.82, 2.24) is 4.98 Å². The van der Waals surface area contributed by atoms with Crippen LogP contribution >= 0.6 is 11.6 Å². The summed E-state index contributed by atoms with van der Waals surface area (Å²) in [7, 11) is 0. The summed E-state index contributed by atoms with van der Waals surface area (Å²) in [5.41, 5.74) is 7.63. The van der Waals surface area contributed by atoms with Crippen LogP contribution in [0.15, 0.2) is 24.3 Å². The lowest BCUT2D eigenvalue weighted by molar-refractivity contribution is 0.340. The predicted octanol–water partition coefficient (Wildman–Crippen LogP) is 3.18. The molecule has 1 aromatic heterocycles. The standard InChI is InChI=1S/C14H17ClN2O/c1-3-18-12-5-4-10-7-11(6-9(2)16)14(15)17-13(10)8-12/h4-5,7-9H,3,6,16H2,1-2H3. The number of hydrogen-bond donors (Lipinski definition) is 1. The number of rotatable bonds is 4. The average Bonchev–Trinajstić information content (AvgIpc) is 2.30. The number of nitrogens with two attached hydrogens (primary N) is 1. The molecule has 2 aromatic rings. The minimum atomic E-state index is 0.0736. The van der Waals surface area contributed by atoms with E-state index in [-0.39, 0.29) is 6.04 Å². The van der Waals surface area contributed by atoms with E-state index in [1.807, 2.05) is 38.1 Å². The maximum atomic E-state index is 6.17. The van der Waals surface area contributed by atoms with Crippen molar-refractivity contribution < 1.29 is 4.74 Å². The zero-order chi connectivity index (χ0) is 13.1. The minimum absolute atomic E-state index is 0.0736. The van der Waals surface area contributed by atoms with Gasteiger partial charge in [0, 0.05) is 17.5 Å². The summed E-state index contributed by atoms with van der Waals surface area (Å²) in [6, 6.07) is 7.96. The molecule has 18 heavy (non-hydrogen) atoms. The number of ether oxygens (including phenoxy) is 1. The molecule has 1 atom stereocenters. The molecule has 2 N–H and O–H groups in total. The Kier molecular flexibility index (Phi) is 4.04. The topological polar surface area (TPSA) is 48.1 Å². The third-order valence-electron chi connectivity index (χ3n) is 2.67. The second kappa shape index (κ2) is 5.55. The van der Waals surface area contributed by atoms with E-state index in [4.69, 9.17) is 22.1 Å². The number of benzene rings is 1. The Labute approximate surface area is 112 Å². The van der Waals surface area contributed by atoms with E-state index in [9.17, 15) is 0 Å². The van der Waals surface area contributed by atoms with Gasteiger partial charge in [-0.3, -0.25) is 0 Å². The van der Waals surface area contributed by atoms with E-state index in [1.165, 1.54) is 0 Å². The van der Waals surface area contributed by atoms with Crippen molar-refractivity contribution in [3.63, 3.8) is 0 Å². The molecule has 1 aromatic carbocycles. The summed E-state index contributed by atoms with van der Waals surface area (Å²) < 4.78 is 5.45. The molecule has 96 valence electrons. The summed E-state index contributed by atoms with van der Waals surface area (Å²) in [5.74, 6) is 0.813. The van der Waals surface area contributed by atoms with Crippen LogP contribution in [0, 0.1) is 0 Å². The van der Waals surface area contributed by atoms with E-state index in [1.54, 1.807) is 0 Å². The highest BCUT2D eigenvalue weighted by Gasteiger charge is 2.08. The zero-order valence-electron chi connectivity index (χ0n) is 10.6. The van der Waals surface area contributed by atoms with Gasteiger partial charge in [0.15, 0.2) is 0 Å². The Morgan fingerprint density at radius 2 is 2.17 bits per heavy atom. The van der Waals surface area contributed by atoms with E-state index in [0.29, 0.717) is 11.8 Å². The van der Waals surface area contributed by atoms with Gasteiger partial charge >= 0.3 is 0 Å². The SMILES string of the molecule is CCOc1ccc2cc(CC(C)N)c(Cl)nc2c1. The van der Waals surface area contributed by atoms with Gasteiger partial charge in [-0.05, 0) is 44.0 Å². The normalized spacial score (nSPS) is 12.7. The van der Waals surface area contributed by atoms with Crippen LogP contribution in [0.3, 0.4) is 0 Å². The fraction of sp³-hybridized carbons (Fsp3) is 0.357. The molecule has 4 heteroatoms. The monoisotopic (exact) mass is 264 g/mol. The first-order valence-electron chi connectivity index (χ1n) is 6.07. The van der Waals surface area contributed by atoms with Crippen LogP contribution < -0.4 is 10.5 Å². The highest BCUT2D eigenvalue weighted by Crippen LogP contribution is 2.25. The van der Waals surface area contributed by atoms with Crippen LogP contribution in [0.2, 0.25) is 5.15 Å². The molecule has 0 radical (unpaired) electrons. The fourth-order valence-corrected chi connectivity index (χ4v) is 2.14. The van der Waals surface area contributed by atoms with Crippen molar-refractivity contribution in [3.8, 4) is 5.75 Å². The quantitative estimate of drug-likeness (QED) is 0.863. The smallest absolute Gasteiger partial charge is 0.133 e. The fourth-order valence-electron chi connectivity index (χ4n) is 1.91. The molecular weight excluding hydrogens is 248 g/mol. The lowest BCUT2D eigenvalue weighted by Gasteiger charge is -2.09. The zero-order valence-corrected chi connectivity index (χ0v) is 11.4. The third-order valence-corrected chi connectivity index (χ3v) is 3.00. The highest BCUT2D eigenvalue weighted by molar-refractivity contribution is 6.30. The van der Waals surface area contributed by atoms with Gasteiger partial charge in [0.25, 0.3) is 0 Å². The van der Waals surface area contributed by atoms with Crippen LogP contribution in [0.5, 0.6) is 5.75 Å². The van der Waals surface area contributed by atoms with Crippen molar-refractivity contribution in [2.45, 2.75) is 26.3 Å². The van der Waals surface area contributed by atoms with Crippen LogP contribution in [-0.4, -0.2) is 17.6 Å². The van der Waals surface area contributed by atoms with Crippen LogP contribution in [0.4, 0.5) is 0 Å². The summed E-state index contributed by atoms with van der Waals surface area (Å²) >= 11 is 6.17. The maximum absolute atomic E-state index is 6.17. The summed E-state index contributed by atoms with van der Waals surface area (Å²) in [4.78, 5) is 4.40. The number of pyridine rings is 1. The molecule has 0 fully saturated rings. The third kappa shape index (κ3) is 2.92. The molecule has 0 aliphatic carbocycles. The summed E-state index contributed by atoms with van der Waals surface area (Å²) in [5, 5.41) is 1.58. The van der Waals surface area contributed by atoms with E-state index < -0.39 is 0 Å². The van der Waals surface area contributed by atoms with Crippen LogP contribution in [0.25, 0.3) is 10.9 Å². The van der Waals surface area contributed by atoms with E-state index in [2.05, 4.69) is 4.98 Å². The Morgan fingerprint density at radius 3 is 2.83 bits per heavy atom. The van der Waals surface area contributed by atoms with Crippen molar-refractivity contribution in [2.24, 2.45) is 5.73 Å². The van der Waals surface area contributed by atoms with Gasteiger partial charge in [-0.25, -0.2) is 4.98 Å². The molecule has 0 saturated carbocycles. The van der Waals surface area contributed by atoms with Crippen LogP contribution in [0.1, 0.15) is 19.4 Å². The van der Waals surface area contributed by atoms with Gasteiger partial charge in [-0.2, -0.15) is 0 Å². The molecule has 0 spiro atoms. The maximum Gasteiger partial charge on any atom is 0.133 e. The number of fused-ring (bicyclic) bond motifs is 1. The Bertz CT molecular complexity index is 555. The van der Waals surface area contributed by atoms with E-state index in [0.717, 1.165) is 28.6 Å².